The van der Waals surface area contributed by atoms with Crippen molar-refractivity contribution in [2.24, 2.45) is 0 Å². The normalized spacial score (nSPS) is 13.8. The number of fused-ring (bicyclic) bond motifs is 1. The summed E-state index contributed by atoms with van der Waals surface area (Å²) >= 11 is 14.5. The van der Waals surface area contributed by atoms with E-state index in [4.69, 9.17) is 23.2 Å². The third kappa shape index (κ3) is 8.62. The molecule has 0 heterocycles. The van der Waals surface area contributed by atoms with Crippen molar-refractivity contribution in [3.63, 3.8) is 0 Å². The fourth-order valence-electron chi connectivity index (χ4n) is 6.27. The molecule has 0 amide bonds. The molecule has 0 aromatic heterocycles. The van der Waals surface area contributed by atoms with Crippen LogP contribution in [0.25, 0.3) is 11.1 Å². The Kier molecular flexibility index (Phi) is 12.7. The second-order valence-corrected chi connectivity index (χ2v) is 12.9. The fourth-order valence-corrected chi connectivity index (χ4v) is 6.81. The van der Waals surface area contributed by atoms with Gasteiger partial charge in [-0.25, -0.2) is 4.99 Å². The van der Waals surface area contributed by atoms with Crippen LogP contribution in [0, 0.1) is 22.7 Å². The number of benzene rings is 4. The van der Waals surface area contributed by atoms with Gasteiger partial charge in [-0.3, -0.25) is 0 Å². The number of hydrogen-bond donors (Lipinski definition) is 1. The molecule has 0 saturated carbocycles. The van der Waals surface area contributed by atoms with Crippen molar-refractivity contribution in [2.75, 3.05) is 36.0 Å². The lowest BCUT2D eigenvalue weighted by atomic mass is 9.83. The van der Waals surface area contributed by atoms with Crippen LogP contribution in [-0.2, 0) is 0 Å². The minimum Gasteiger partial charge on any atom is -0.372 e. The first-order valence-electron chi connectivity index (χ1n) is 17.0. The Morgan fingerprint density at radius 3 is 1.78 bits per heavy atom. The van der Waals surface area contributed by atoms with E-state index < -0.39 is 0 Å². The van der Waals surface area contributed by atoms with E-state index in [1.54, 1.807) is 0 Å². The Balaban J connectivity index is 1.70. The van der Waals surface area contributed by atoms with E-state index in [-0.39, 0.29) is 0 Å². The van der Waals surface area contributed by atoms with E-state index in [9.17, 15) is 10.5 Å². The standard InChI is InChI=1S/C42H41Cl2N5/c1-3-5-26-48(25-4-2)32-17-19-37(39(43)29-32)42(38-20-18-33(30-40(38)44)49(27-11-23-45)28-12-24-46)36-21-22-41(35-16-10-9-15-34(35)36)47-31-13-7-6-8-14-31/h6-10,13-22,29-30H,3-5,11-12,25-28H2,1-2H3/p+1/b42-36-,47-41?. The molecule has 5 rings (SSSR count). The average Bonchev–Trinajstić information content (AvgIpc) is 3.12. The number of nitrogens with one attached hydrogen (secondary N) is 1. The zero-order valence-corrected chi connectivity index (χ0v) is 29.7. The van der Waals surface area contributed by atoms with Crippen LogP contribution in [0.1, 0.15) is 68.2 Å². The maximum absolute atomic E-state index is 9.26. The van der Waals surface area contributed by atoms with E-state index >= 15 is 0 Å². The molecule has 1 aliphatic carbocycles. The van der Waals surface area contributed by atoms with Crippen LogP contribution in [-0.4, -0.2) is 31.9 Å². The minimum absolute atomic E-state index is 0.354. The van der Waals surface area contributed by atoms with Crippen LogP contribution in [0.4, 0.5) is 17.1 Å². The van der Waals surface area contributed by atoms with Gasteiger partial charge < -0.3 is 9.80 Å². The molecule has 49 heavy (non-hydrogen) atoms. The molecule has 1 N–H and O–H groups in total. The monoisotopic (exact) mass is 686 g/mol. The van der Waals surface area contributed by atoms with Crippen molar-refractivity contribution in [1.29, 1.82) is 10.5 Å². The zero-order chi connectivity index (χ0) is 34.6. The van der Waals surface area contributed by atoms with E-state index in [0.717, 1.165) is 88.5 Å². The molecule has 0 saturated heterocycles. The van der Waals surface area contributed by atoms with Gasteiger partial charge in [0, 0.05) is 66.9 Å². The number of allylic oxidation sites excluding steroid dienone is 3. The molecule has 0 unspecified atom stereocenters. The topological polar surface area (TPSA) is 68.0 Å². The molecule has 0 fully saturated rings. The van der Waals surface area contributed by atoms with Crippen LogP contribution in [0.3, 0.4) is 0 Å². The number of para-hydroxylation sites is 1. The molecular weight excluding hydrogens is 645 g/mol. The first kappa shape index (κ1) is 35.5. The first-order valence-corrected chi connectivity index (χ1v) is 17.8. The lowest BCUT2D eigenvalue weighted by Crippen LogP contribution is -2.66. The predicted octanol–water partition coefficient (Wildman–Crippen LogP) is 9.37. The molecule has 7 heteroatoms. The molecule has 4 aromatic rings. The van der Waals surface area contributed by atoms with E-state index in [1.165, 1.54) is 0 Å². The van der Waals surface area contributed by atoms with Crippen molar-refractivity contribution in [3.05, 3.63) is 135 Å². The summed E-state index contributed by atoms with van der Waals surface area (Å²) in [5.74, 6) is 0. The van der Waals surface area contributed by atoms with Gasteiger partial charge in [-0.05, 0) is 66.0 Å². The second-order valence-electron chi connectivity index (χ2n) is 12.0. The number of nitrogens with zero attached hydrogens (tertiary/aromatic N) is 4. The molecule has 4 aromatic carbocycles. The number of hydrogen-bond acceptors (Lipinski definition) is 4. The van der Waals surface area contributed by atoms with Gasteiger partial charge in [0.25, 0.3) is 0 Å². The number of halogens is 2. The zero-order valence-electron chi connectivity index (χ0n) is 28.2. The molecular formula is C42H42Cl2N5+. The number of anilines is 2. The SMILES string of the molecule is CCCCN(CCC)c1ccc(/C(=C2\C=CC(=[NH+]c3ccccc3)c3ccccc32)c2ccc(N(CCC#N)CCC#N)cc2Cl)c(Cl)c1. The highest BCUT2D eigenvalue weighted by Crippen LogP contribution is 2.43. The van der Waals surface area contributed by atoms with Crippen molar-refractivity contribution in [3.8, 4) is 12.1 Å². The van der Waals surface area contributed by atoms with Gasteiger partial charge in [0.2, 0.25) is 11.4 Å². The Labute approximate surface area is 301 Å². The Hall–Kier alpha value is -4.81. The maximum Gasteiger partial charge on any atom is 0.211 e. The average molecular weight is 688 g/mol. The summed E-state index contributed by atoms with van der Waals surface area (Å²) in [5.41, 5.74) is 9.85. The summed E-state index contributed by atoms with van der Waals surface area (Å²) in [7, 11) is 0. The summed E-state index contributed by atoms with van der Waals surface area (Å²) in [4.78, 5) is 8.06. The third-order valence-electron chi connectivity index (χ3n) is 8.68. The molecule has 0 radical (unpaired) electrons. The van der Waals surface area contributed by atoms with Gasteiger partial charge in [0.1, 0.15) is 0 Å². The Bertz CT molecular complexity index is 1910. The molecule has 0 spiro atoms. The predicted molar refractivity (Wildman–Crippen MR) is 206 cm³/mol. The number of rotatable bonds is 14. The smallest absolute Gasteiger partial charge is 0.211 e. The minimum atomic E-state index is 0.354. The molecule has 0 atom stereocenters. The quantitative estimate of drug-likeness (QED) is 0.144. The highest BCUT2D eigenvalue weighted by molar-refractivity contribution is 6.36. The summed E-state index contributed by atoms with van der Waals surface area (Å²) in [6, 6.07) is 35.4. The van der Waals surface area contributed by atoms with Crippen LogP contribution in [0.2, 0.25) is 10.0 Å². The van der Waals surface area contributed by atoms with Crippen molar-refractivity contribution >= 4 is 57.1 Å². The van der Waals surface area contributed by atoms with Gasteiger partial charge in [0.05, 0.1) is 40.6 Å². The maximum atomic E-state index is 9.26. The first-order chi connectivity index (χ1) is 24.0. The Morgan fingerprint density at radius 2 is 1.22 bits per heavy atom. The molecule has 5 nitrogen and oxygen atoms in total. The lowest BCUT2D eigenvalue weighted by molar-refractivity contribution is -0.351. The van der Waals surface area contributed by atoms with Crippen LogP contribution in [0.15, 0.2) is 103 Å². The van der Waals surface area contributed by atoms with Gasteiger partial charge in [0.15, 0.2) is 0 Å². The number of nitriles is 2. The van der Waals surface area contributed by atoms with Gasteiger partial charge >= 0.3 is 0 Å². The van der Waals surface area contributed by atoms with E-state index in [1.807, 2.05) is 41.3 Å². The molecule has 0 aliphatic heterocycles. The second kappa shape index (κ2) is 17.5. The molecule has 248 valence electrons. The van der Waals surface area contributed by atoms with Crippen molar-refractivity contribution in [2.45, 2.75) is 46.0 Å². The third-order valence-corrected chi connectivity index (χ3v) is 9.31. The molecule has 0 bridgehead atoms. The summed E-state index contributed by atoms with van der Waals surface area (Å²) in [6.45, 7) is 7.41. The number of unbranched alkanes of at least 4 members (excludes halogenated alkanes) is 1. The summed E-state index contributed by atoms with van der Waals surface area (Å²) < 4.78 is 0. The van der Waals surface area contributed by atoms with Gasteiger partial charge in [-0.2, -0.15) is 10.5 Å². The highest BCUT2D eigenvalue weighted by atomic mass is 35.5. The lowest BCUT2D eigenvalue weighted by Gasteiger charge is -2.26. The van der Waals surface area contributed by atoms with E-state index in [2.05, 4.69) is 103 Å². The fraction of sp³-hybridized carbons (Fsp3) is 0.262. The van der Waals surface area contributed by atoms with Crippen molar-refractivity contribution in [1.82, 2.24) is 0 Å². The van der Waals surface area contributed by atoms with Gasteiger partial charge in [-0.15, -0.1) is 0 Å². The van der Waals surface area contributed by atoms with Crippen LogP contribution >= 0.6 is 23.2 Å². The summed E-state index contributed by atoms with van der Waals surface area (Å²) in [5, 5.41) is 19.7. The van der Waals surface area contributed by atoms with Gasteiger partial charge in [-0.1, -0.05) is 92.0 Å². The van der Waals surface area contributed by atoms with Crippen LogP contribution < -0.4 is 14.8 Å². The van der Waals surface area contributed by atoms with Crippen LogP contribution in [0.5, 0.6) is 0 Å². The highest BCUT2D eigenvalue weighted by Gasteiger charge is 2.25. The summed E-state index contributed by atoms with van der Waals surface area (Å²) in [6.07, 6.45) is 8.28. The largest absolute Gasteiger partial charge is 0.372 e. The van der Waals surface area contributed by atoms with E-state index in [0.29, 0.717) is 36.0 Å². The van der Waals surface area contributed by atoms with Crippen molar-refractivity contribution < 1.29 is 4.99 Å². The molecule has 1 aliphatic rings. The Morgan fingerprint density at radius 1 is 0.653 bits per heavy atom.